The van der Waals surface area contributed by atoms with Crippen molar-refractivity contribution in [3.05, 3.63) is 41.7 Å². The Morgan fingerprint density at radius 3 is 2.52 bits per heavy atom. The largest absolute Gasteiger partial charge is 0.458 e. The van der Waals surface area contributed by atoms with Crippen molar-refractivity contribution in [1.29, 1.82) is 0 Å². The van der Waals surface area contributed by atoms with E-state index in [0.717, 1.165) is 25.1 Å². The minimum atomic E-state index is 0.416. The molecule has 0 aliphatic rings. The van der Waals surface area contributed by atoms with Gasteiger partial charge in [0.2, 0.25) is 0 Å². The van der Waals surface area contributed by atoms with Crippen LogP contribution in [0.3, 0.4) is 0 Å². The van der Waals surface area contributed by atoms with E-state index < -0.39 is 0 Å². The van der Waals surface area contributed by atoms with E-state index >= 15 is 0 Å². The second kappa shape index (κ2) is 7.78. The summed E-state index contributed by atoms with van der Waals surface area (Å²) < 4.78 is 7.15. The van der Waals surface area contributed by atoms with Crippen LogP contribution in [0.1, 0.15) is 25.0 Å². The third kappa shape index (κ3) is 5.55. The van der Waals surface area contributed by atoms with Crippen LogP contribution in [0.2, 0.25) is 0 Å². The van der Waals surface area contributed by atoms with Crippen molar-refractivity contribution >= 4 is 0 Å². The second-order valence-electron chi connectivity index (χ2n) is 5.65. The van der Waals surface area contributed by atoms with Gasteiger partial charge in [-0.15, -0.1) is 5.10 Å². The molecule has 0 fully saturated rings. The van der Waals surface area contributed by atoms with Crippen molar-refractivity contribution in [3.63, 3.8) is 0 Å². The molecular weight excluding hydrogens is 264 g/mol. The molecule has 0 radical (unpaired) electrons. The van der Waals surface area contributed by atoms with Gasteiger partial charge in [-0.05, 0) is 36.6 Å². The number of nitrogens with zero attached hydrogens (tertiary/aromatic N) is 3. The summed E-state index contributed by atoms with van der Waals surface area (Å²) in [6, 6.07) is 8.92. The number of aryl methyl sites for hydroxylation is 1. The molecule has 1 heterocycles. The molecule has 0 unspecified atom stereocenters. The highest BCUT2D eigenvalue weighted by molar-refractivity contribution is 5.22. The van der Waals surface area contributed by atoms with Gasteiger partial charge < -0.3 is 10.1 Å². The smallest absolute Gasteiger partial charge is 0.335 e. The normalized spacial score (nSPS) is 11.0. The number of hydrogen-bond acceptors (Lipinski definition) is 4. The number of hydrogen-bond donors (Lipinski definition) is 1. The molecule has 0 aliphatic heterocycles. The number of rotatable bonds is 8. The van der Waals surface area contributed by atoms with Crippen LogP contribution in [0.4, 0.5) is 0 Å². The lowest BCUT2D eigenvalue weighted by molar-refractivity contribution is 0.280. The average molecular weight is 288 g/mol. The van der Waals surface area contributed by atoms with Gasteiger partial charge in [0.15, 0.2) is 0 Å². The van der Waals surface area contributed by atoms with E-state index in [1.54, 1.807) is 11.0 Å². The van der Waals surface area contributed by atoms with E-state index in [-0.39, 0.29) is 0 Å². The summed E-state index contributed by atoms with van der Waals surface area (Å²) in [4.78, 5) is 4.03. The van der Waals surface area contributed by atoms with Crippen LogP contribution in [0.25, 0.3) is 0 Å². The molecule has 1 N–H and O–H groups in total. The third-order valence-corrected chi connectivity index (χ3v) is 3.11. The molecule has 2 rings (SSSR count). The number of ether oxygens (including phenoxy) is 1. The van der Waals surface area contributed by atoms with Crippen LogP contribution in [0.5, 0.6) is 6.01 Å². The van der Waals surface area contributed by atoms with Crippen LogP contribution in [-0.4, -0.2) is 27.9 Å². The lowest BCUT2D eigenvalue weighted by Gasteiger charge is -2.08. The maximum atomic E-state index is 5.52. The van der Waals surface area contributed by atoms with Crippen molar-refractivity contribution in [2.45, 2.75) is 26.9 Å². The number of benzene rings is 1. The zero-order valence-corrected chi connectivity index (χ0v) is 13.0. The summed E-state index contributed by atoms with van der Waals surface area (Å²) in [5.74, 6) is 0.699. The Balaban J connectivity index is 1.73. The Morgan fingerprint density at radius 2 is 1.90 bits per heavy atom. The van der Waals surface area contributed by atoms with E-state index in [1.165, 1.54) is 5.56 Å². The van der Waals surface area contributed by atoms with Crippen molar-refractivity contribution in [3.8, 4) is 6.01 Å². The van der Waals surface area contributed by atoms with E-state index in [9.17, 15) is 0 Å². The topological polar surface area (TPSA) is 52.0 Å². The maximum Gasteiger partial charge on any atom is 0.335 e. The molecule has 2 aromatic rings. The first-order valence-corrected chi connectivity index (χ1v) is 7.40. The highest BCUT2D eigenvalue weighted by Crippen LogP contribution is 2.08. The Morgan fingerprint density at radius 1 is 1.19 bits per heavy atom. The molecule has 0 saturated heterocycles. The van der Waals surface area contributed by atoms with Gasteiger partial charge in [-0.3, -0.25) is 4.68 Å². The predicted octanol–water partition coefficient (Wildman–Crippen LogP) is 2.18. The van der Waals surface area contributed by atoms with Crippen LogP contribution >= 0.6 is 0 Å². The zero-order valence-electron chi connectivity index (χ0n) is 13.0. The molecule has 0 amide bonds. The van der Waals surface area contributed by atoms with Gasteiger partial charge in [-0.1, -0.05) is 38.1 Å². The SMILES string of the molecule is CC(C)CNCCc1ccc(COc2ncn(C)n2)cc1. The first-order valence-electron chi connectivity index (χ1n) is 7.40. The Kier molecular flexibility index (Phi) is 5.75. The van der Waals surface area contributed by atoms with Gasteiger partial charge in [-0.25, -0.2) is 0 Å². The highest BCUT2D eigenvalue weighted by atomic mass is 16.5. The van der Waals surface area contributed by atoms with E-state index in [0.29, 0.717) is 18.5 Å². The van der Waals surface area contributed by atoms with Gasteiger partial charge in [-0.2, -0.15) is 4.98 Å². The summed E-state index contributed by atoms with van der Waals surface area (Å²) in [6.07, 6.45) is 2.68. The number of aromatic nitrogens is 3. The second-order valence-corrected chi connectivity index (χ2v) is 5.65. The van der Waals surface area contributed by atoms with Crippen molar-refractivity contribution in [1.82, 2.24) is 20.1 Å². The lowest BCUT2D eigenvalue weighted by Crippen LogP contribution is -2.22. The molecule has 1 aromatic carbocycles. The maximum absolute atomic E-state index is 5.52. The minimum Gasteiger partial charge on any atom is -0.458 e. The summed E-state index contributed by atoms with van der Waals surface area (Å²) in [6.45, 7) is 7.03. The molecule has 5 nitrogen and oxygen atoms in total. The summed E-state index contributed by atoms with van der Waals surface area (Å²) in [5, 5.41) is 7.54. The standard InChI is InChI=1S/C16H24N4O/c1-13(2)10-17-9-8-14-4-6-15(7-5-14)11-21-16-18-12-20(3)19-16/h4-7,12-13,17H,8-11H2,1-3H3. The van der Waals surface area contributed by atoms with E-state index in [1.807, 2.05) is 7.05 Å². The molecule has 5 heteroatoms. The molecule has 0 saturated carbocycles. The highest BCUT2D eigenvalue weighted by Gasteiger charge is 2.01. The summed E-state index contributed by atoms with van der Waals surface area (Å²) in [7, 11) is 1.82. The van der Waals surface area contributed by atoms with Gasteiger partial charge in [0, 0.05) is 7.05 Å². The minimum absolute atomic E-state index is 0.416. The Hall–Kier alpha value is -1.88. The fraction of sp³-hybridized carbons (Fsp3) is 0.500. The summed E-state index contributed by atoms with van der Waals surface area (Å²) in [5.41, 5.74) is 2.47. The first-order chi connectivity index (χ1) is 10.1. The van der Waals surface area contributed by atoms with E-state index in [4.69, 9.17) is 4.74 Å². The van der Waals surface area contributed by atoms with Gasteiger partial charge in [0.05, 0.1) is 0 Å². The molecule has 1 aromatic heterocycles. The molecule has 114 valence electrons. The molecular formula is C16H24N4O. The predicted molar refractivity (Wildman–Crippen MR) is 83.2 cm³/mol. The number of nitrogens with one attached hydrogen (secondary N) is 1. The van der Waals surface area contributed by atoms with Gasteiger partial charge in [0.1, 0.15) is 12.9 Å². The molecule has 0 bridgehead atoms. The van der Waals surface area contributed by atoms with Crippen LogP contribution in [0.15, 0.2) is 30.6 Å². The van der Waals surface area contributed by atoms with Gasteiger partial charge in [0.25, 0.3) is 0 Å². The quantitative estimate of drug-likeness (QED) is 0.757. The zero-order chi connectivity index (χ0) is 15.1. The summed E-state index contributed by atoms with van der Waals surface area (Å²) >= 11 is 0. The van der Waals surface area contributed by atoms with Crippen molar-refractivity contribution in [2.75, 3.05) is 13.1 Å². The third-order valence-electron chi connectivity index (χ3n) is 3.11. The molecule has 21 heavy (non-hydrogen) atoms. The molecule has 0 spiro atoms. The first kappa shape index (κ1) is 15.5. The van der Waals surface area contributed by atoms with Crippen molar-refractivity contribution < 1.29 is 4.74 Å². The lowest BCUT2D eigenvalue weighted by atomic mass is 10.1. The fourth-order valence-electron chi connectivity index (χ4n) is 1.96. The van der Waals surface area contributed by atoms with Crippen LogP contribution < -0.4 is 10.1 Å². The molecule has 0 aliphatic carbocycles. The Bertz CT molecular complexity index is 533. The van der Waals surface area contributed by atoms with Crippen LogP contribution in [-0.2, 0) is 20.1 Å². The van der Waals surface area contributed by atoms with Crippen molar-refractivity contribution in [2.24, 2.45) is 13.0 Å². The molecule has 0 atom stereocenters. The Labute approximate surface area is 126 Å². The van der Waals surface area contributed by atoms with E-state index in [2.05, 4.69) is 53.5 Å². The fourth-order valence-corrected chi connectivity index (χ4v) is 1.96. The van der Waals surface area contributed by atoms with Crippen LogP contribution in [0, 0.1) is 5.92 Å². The monoisotopic (exact) mass is 288 g/mol. The van der Waals surface area contributed by atoms with Gasteiger partial charge >= 0.3 is 6.01 Å². The average Bonchev–Trinajstić information content (AvgIpc) is 2.88.